The summed E-state index contributed by atoms with van der Waals surface area (Å²) in [4.78, 5) is 12.0. The molecule has 2 heterocycles. The molecule has 0 saturated carbocycles. The fourth-order valence-corrected chi connectivity index (χ4v) is 3.71. The van der Waals surface area contributed by atoms with Crippen LogP contribution in [0, 0.1) is 6.92 Å². The smallest absolute Gasteiger partial charge is 0.358 e. The van der Waals surface area contributed by atoms with Crippen LogP contribution in [-0.4, -0.2) is 22.4 Å². The van der Waals surface area contributed by atoms with Crippen LogP contribution in [0.25, 0.3) is 22.3 Å². The van der Waals surface area contributed by atoms with E-state index in [1.54, 1.807) is 17.7 Å². The highest BCUT2D eigenvalue weighted by molar-refractivity contribution is 6.33. The molecule has 4 rings (SSSR count). The molecule has 0 atom stereocenters. The molecule has 0 saturated heterocycles. The van der Waals surface area contributed by atoms with E-state index in [1.165, 1.54) is 0 Å². The molecule has 7 heteroatoms. The Kier molecular flexibility index (Phi) is 5.35. The molecule has 2 aromatic heterocycles. The third-order valence-electron chi connectivity index (χ3n) is 4.58. The summed E-state index contributed by atoms with van der Waals surface area (Å²) in [5, 5.41) is 6.45. The second-order valence-electron chi connectivity index (χ2n) is 6.62. The number of carbonyl (C=O) groups excluding carboxylic acids is 1. The van der Waals surface area contributed by atoms with E-state index in [9.17, 15) is 4.79 Å². The molecule has 4 aromatic rings. The lowest BCUT2D eigenvalue weighted by molar-refractivity contribution is 0.0518. The highest BCUT2D eigenvalue weighted by Gasteiger charge is 2.17. The first kappa shape index (κ1) is 19.6. The summed E-state index contributed by atoms with van der Waals surface area (Å²) in [6.45, 7) is 4.35. The van der Waals surface area contributed by atoms with Crippen LogP contribution in [0.2, 0.25) is 10.0 Å². The Hall–Kier alpha value is -2.76. The van der Waals surface area contributed by atoms with Gasteiger partial charge < -0.3 is 9.15 Å². The Morgan fingerprint density at radius 3 is 2.72 bits per heavy atom. The maximum Gasteiger partial charge on any atom is 0.358 e. The second-order valence-corrected chi connectivity index (χ2v) is 7.47. The Morgan fingerprint density at radius 1 is 1.17 bits per heavy atom. The van der Waals surface area contributed by atoms with Gasteiger partial charge in [0.15, 0.2) is 5.69 Å². The summed E-state index contributed by atoms with van der Waals surface area (Å²) in [5.41, 5.74) is 3.48. The molecule has 0 fully saturated rings. The number of rotatable bonds is 5. The standard InChI is InChI=1S/C22H18Cl2N2O3/c1-3-28-22(27)19-8-13(2)26(25-19)12-15-10-16(23)9-14-11-20(29-21(14)15)17-6-4-5-7-18(17)24/h4-11H,3,12H2,1-2H3. The number of furan rings is 1. The molecule has 0 aliphatic carbocycles. The maximum absolute atomic E-state index is 12.0. The molecule has 5 nitrogen and oxygen atoms in total. The van der Waals surface area contributed by atoms with Crippen LogP contribution in [-0.2, 0) is 11.3 Å². The number of aryl methyl sites for hydroxylation is 1. The number of halogens is 2. The van der Waals surface area contributed by atoms with E-state index in [0.29, 0.717) is 34.5 Å². The summed E-state index contributed by atoms with van der Waals surface area (Å²) < 4.78 is 12.9. The van der Waals surface area contributed by atoms with Gasteiger partial charge in [-0.3, -0.25) is 4.68 Å². The molecule has 0 aliphatic rings. The predicted octanol–water partition coefficient (Wildman–Crippen LogP) is 6.14. The van der Waals surface area contributed by atoms with Crippen LogP contribution in [0.5, 0.6) is 0 Å². The first-order chi connectivity index (χ1) is 14.0. The number of esters is 1. The number of hydrogen-bond acceptors (Lipinski definition) is 4. The van der Waals surface area contributed by atoms with Crippen LogP contribution < -0.4 is 0 Å². The number of hydrogen-bond donors (Lipinski definition) is 0. The zero-order valence-electron chi connectivity index (χ0n) is 15.9. The van der Waals surface area contributed by atoms with Gasteiger partial charge in [0, 0.05) is 27.2 Å². The van der Waals surface area contributed by atoms with E-state index in [-0.39, 0.29) is 5.69 Å². The normalized spacial score (nSPS) is 11.2. The molecule has 0 N–H and O–H groups in total. The van der Waals surface area contributed by atoms with Gasteiger partial charge in [-0.15, -0.1) is 0 Å². The molecule has 0 unspecified atom stereocenters. The summed E-state index contributed by atoms with van der Waals surface area (Å²) >= 11 is 12.7. The van der Waals surface area contributed by atoms with E-state index >= 15 is 0 Å². The van der Waals surface area contributed by atoms with E-state index < -0.39 is 5.97 Å². The minimum absolute atomic E-state index is 0.277. The van der Waals surface area contributed by atoms with Gasteiger partial charge in [-0.25, -0.2) is 4.79 Å². The second kappa shape index (κ2) is 7.93. The summed E-state index contributed by atoms with van der Waals surface area (Å²) in [5.74, 6) is 0.225. The van der Waals surface area contributed by atoms with Gasteiger partial charge in [0.1, 0.15) is 11.3 Å². The number of carbonyl (C=O) groups is 1. The zero-order chi connectivity index (χ0) is 20.5. The molecular formula is C22H18Cl2N2O3. The van der Waals surface area contributed by atoms with E-state index in [2.05, 4.69) is 5.10 Å². The van der Waals surface area contributed by atoms with E-state index in [4.69, 9.17) is 32.4 Å². The Balaban J connectivity index is 1.75. The lowest BCUT2D eigenvalue weighted by Gasteiger charge is -2.06. The first-order valence-corrected chi connectivity index (χ1v) is 9.90. The third-order valence-corrected chi connectivity index (χ3v) is 5.13. The van der Waals surface area contributed by atoms with Crippen LogP contribution in [0.3, 0.4) is 0 Å². The predicted molar refractivity (Wildman–Crippen MR) is 114 cm³/mol. The van der Waals surface area contributed by atoms with Crippen molar-refractivity contribution in [2.24, 2.45) is 0 Å². The van der Waals surface area contributed by atoms with Gasteiger partial charge in [0.05, 0.1) is 18.2 Å². The molecule has 148 valence electrons. The van der Waals surface area contributed by atoms with Crippen molar-refractivity contribution < 1.29 is 13.9 Å². The third kappa shape index (κ3) is 3.88. The van der Waals surface area contributed by atoms with Gasteiger partial charge in [-0.2, -0.15) is 5.10 Å². The van der Waals surface area contributed by atoms with E-state index in [0.717, 1.165) is 22.2 Å². The lowest BCUT2D eigenvalue weighted by atomic mass is 10.1. The molecule has 0 bridgehead atoms. The molecule has 0 amide bonds. The maximum atomic E-state index is 12.0. The number of benzene rings is 2. The van der Waals surface area contributed by atoms with Crippen molar-refractivity contribution in [3.05, 3.63) is 75.5 Å². The van der Waals surface area contributed by atoms with Crippen molar-refractivity contribution in [1.29, 1.82) is 0 Å². The SMILES string of the molecule is CCOC(=O)c1cc(C)n(Cc2cc(Cl)cc3cc(-c4ccccc4Cl)oc23)n1. The number of fused-ring (bicyclic) bond motifs is 1. The van der Waals surface area contributed by atoms with Gasteiger partial charge in [0.25, 0.3) is 0 Å². The summed E-state index contributed by atoms with van der Waals surface area (Å²) in [7, 11) is 0. The topological polar surface area (TPSA) is 57.3 Å². The van der Waals surface area contributed by atoms with Crippen molar-refractivity contribution >= 4 is 40.1 Å². The van der Waals surface area contributed by atoms with E-state index in [1.807, 2.05) is 49.4 Å². The quantitative estimate of drug-likeness (QED) is 0.358. The first-order valence-electron chi connectivity index (χ1n) is 9.14. The Bertz CT molecular complexity index is 1210. The van der Waals surface area contributed by atoms with Gasteiger partial charge in [0.2, 0.25) is 0 Å². The summed E-state index contributed by atoms with van der Waals surface area (Å²) in [6, 6.07) is 14.8. The fraction of sp³-hybridized carbons (Fsp3) is 0.182. The largest absolute Gasteiger partial charge is 0.461 e. The van der Waals surface area contributed by atoms with Crippen molar-refractivity contribution in [3.8, 4) is 11.3 Å². The fourth-order valence-electron chi connectivity index (χ4n) is 3.23. The number of nitrogens with zero attached hydrogens (tertiary/aromatic N) is 2. The van der Waals surface area contributed by atoms with Crippen LogP contribution >= 0.6 is 23.2 Å². The van der Waals surface area contributed by atoms with Crippen molar-refractivity contribution in [3.63, 3.8) is 0 Å². The highest BCUT2D eigenvalue weighted by atomic mass is 35.5. The zero-order valence-corrected chi connectivity index (χ0v) is 17.4. The van der Waals surface area contributed by atoms with Gasteiger partial charge in [-0.05, 0) is 50.2 Å². The minimum atomic E-state index is -0.440. The monoisotopic (exact) mass is 428 g/mol. The van der Waals surface area contributed by atoms with Gasteiger partial charge in [-0.1, -0.05) is 35.3 Å². The molecule has 0 radical (unpaired) electrons. The Labute approximate surface area is 177 Å². The number of ether oxygens (including phenoxy) is 1. The molecule has 29 heavy (non-hydrogen) atoms. The van der Waals surface area contributed by atoms with Crippen molar-refractivity contribution in [2.75, 3.05) is 6.61 Å². The van der Waals surface area contributed by atoms with Crippen LogP contribution in [0.4, 0.5) is 0 Å². The van der Waals surface area contributed by atoms with Crippen LogP contribution in [0.15, 0.2) is 52.9 Å². The van der Waals surface area contributed by atoms with Crippen molar-refractivity contribution in [2.45, 2.75) is 20.4 Å². The minimum Gasteiger partial charge on any atom is -0.461 e. The molecule has 2 aromatic carbocycles. The summed E-state index contributed by atoms with van der Waals surface area (Å²) in [6.07, 6.45) is 0. The number of aromatic nitrogens is 2. The molecule has 0 spiro atoms. The lowest BCUT2D eigenvalue weighted by Crippen LogP contribution is -2.08. The Morgan fingerprint density at radius 2 is 1.97 bits per heavy atom. The molecule has 0 aliphatic heterocycles. The average Bonchev–Trinajstić information content (AvgIpc) is 3.26. The highest BCUT2D eigenvalue weighted by Crippen LogP contribution is 2.35. The molecular weight excluding hydrogens is 411 g/mol. The van der Waals surface area contributed by atoms with Crippen LogP contribution in [0.1, 0.15) is 28.7 Å². The average molecular weight is 429 g/mol. The van der Waals surface area contributed by atoms with Gasteiger partial charge >= 0.3 is 5.97 Å². The van der Waals surface area contributed by atoms with Crippen molar-refractivity contribution in [1.82, 2.24) is 9.78 Å².